The molecule has 0 bridgehead atoms. The van der Waals surface area contributed by atoms with Crippen LogP contribution in [0.1, 0.15) is 11.1 Å². The lowest BCUT2D eigenvalue weighted by Crippen LogP contribution is -1.85. The molecule has 1 heterocycles. The Kier molecular flexibility index (Phi) is 1.94. The van der Waals surface area contributed by atoms with E-state index in [9.17, 15) is 0 Å². The summed E-state index contributed by atoms with van der Waals surface area (Å²) in [5, 5.41) is 10.7. The van der Waals surface area contributed by atoms with Crippen molar-refractivity contribution in [3.05, 3.63) is 28.7 Å². The molecule has 0 N–H and O–H groups in total. The molecule has 0 atom stereocenters. The summed E-state index contributed by atoms with van der Waals surface area (Å²) in [7, 11) is 0. The molecule has 1 aliphatic rings. The highest BCUT2D eigenvalue weighted by Crippen LogP contribution is 2.35. The number of nitrogens with zero attached hydrogens (tertiary/aromatic N) is 2. The zero-order chi connectivity index (χ0) is 9.26. The number of hydrogen-bond donors (Lipinski definition) is 0. The molecule has 1 aliphatic heterocycles. The van der Waals surface area contributed by atoms with Gasteiger partial charge in [-0.2, -0.15) is 5.26 Å². The molecule has 0 aromatic heterocycles. The van der Waals surface area contributed by atoms with Gasteiger partial charge in [0.2, 0.25) is 0 Å². The third kappa shape index (κ3) is 1.38. The minimum Gasteiger partial charge on any atom is -0.203 e. The van der Waals surface area contributed by atoms with Gasteiger partial charge in [-0.15, -0.1) is 0 Å². The van der Waals surface area contributed by atoms with Crippen LogP contribution in [0.25, 0.3) is 0 Å². The first kappa shape index (κ1) is 8.12. The maximum absolute atomic E-state index is 8.86. The van der Waals surface area contributed by atoms with E-state index < -0.39 is 0 Å². The molecule has 1 aromatic carbocycles. The van der Waals surface area contributed by atoms with Crippen LogP contribution in [0.3, 0.4) is 0 Å². The number of hydrogen-bond acceptors (Lipinski definition) is 3. The summed E-state index contributed by atoms with van der Waals surface area (Å²) in [6.45, 7) is 1.98. The van der Waals surface area contributed by atoms with E-state index in [-0.39, 0.29) is 0 Å². The lowest BCUT2D eigenvalue weighted by molar-refractivity contribution is 1.30. The maximum Gasteiger partial charge on any atom is 0.105 e. The van der Waals surface area contributed by atoms with Crippen LogP contribution in [0.15, 0.2) is 27.4 Å². The molecule has 1 aromatic rings. The predicted octanol–water partition coefficient (Wildman–Crippen LogP) is 2.79. The topological polar surface area (TPSA) is 36.1 Å². The number of nitriles is 1. The van der Waals surface area contributed by atoms with Gasteiger partial charge in [-0.25, -0.2) is 4.99 Å². The number of thioether (sulfide) groups is 1. The van der Waals surface area contributed by atoms with E-state index in [0.29, 0.717) is 5.56 Å². The molecule has 13 heavy (non-hydrogen) atoms. The minimum atomic E-state index is 0.628. The fourth-order valence-electron chi connectivity index (χ4n) is 1.22. The zero-order valence-corrected chi connectivity index (χ0v) is 7.85. The van der Waals surface area contributed by atoms with Crippen LogP contribution in [-0.4, -0.2) is 5.87 Å². The molecule has 0 fully saturated rings. The Hall–Kier alpha value is -1.49. The van der Waals surface area contributed by atoms with Crippen molar-refractivity contribution in [1.29, 1.82) is 5.26 Å². The van der Waals surface area contributed by atoms with Crippen LogP contribution in [0.4, 0.5) is 5.69 Å². The highest BCUT2D eigenvalue weighted by atomic mass is 32.2. The fraction of sp³-hybridized carbons (Fsp3) is 0.100. The summed E-state index contributed by atoms with van der Waals surface area (Å²) in [5.74, 6) is 2.75. The second-order valence-corrected chi connectivity index (χ2v) is 3.66. The van der Waals surface area contributed by atoms with Gasteiger partial charge in [-0.1, -0.05) is 11.8 Å². The first-order chi connectivity index (χ1) is 6.31. The number of aryl methyl sites for hydroxylation is 1. The van der Waals surface area contributed by atoms with Gasteiger partial charge in [0.25, 0.3) is 0 Å². The van der Waals surface area contributed by atoms with Crippen LogP contribution in [-0.2, 0) is 0 Å². The van der Waals surface area contributed by atoms with E-state index in [1.54, 1.807) is 17.2 Å². The number of rotatable bonds is 0. The summed E-state index contributed by atoms with van der Waals surface area (Å²) >= 11 is 1.55. The number of aliphatic imine (C=N–C) groups is 1. The van der Waals surface area contributed by atoms with E-state index >= 15 is 0 Å². The summed E-state index contributed by atoms with van der Waals surface area (Å²) in [6.07, 6.45) is 0. The van der Waals surface area contributed by atoms with Gasteiger partial charge in [-0.05, 0) is 30.5 Å². The van der Waals surface area contributed by atoms with Gasteiger partial charge in [-0.3, -0.25) is 0 Å². The fourth-order valence-corrected chi connectivity index (χ4v) is 1.97. The van der Waals surface area contributed by atoms with E-state index in [0.717, 1.165) is 16.1 Å². The van der Waals surface area contributed by atoms with Gasteiger partial charge >= 0.3 is 0 Å². The first-order valence-electron chi connectivity index (χ1n) is 3.80. The minimum absolute atomic E-state index is 0.628. The third-order valence-electron chi connectivity index (χ3n) is 1.75. The molecule has 0 spiro atoms. The van der Waals surface area contributed by atoms with Gasteiger partial charge < -0.3 is 0 Å². The molecule has 0 aliphatic carbocycles. The zero-order valence-electron chi connectivity index (χ0n) is 7.03. The second kappa shape index (κ2) is 3.10. The SMILES string of the molecule is Cc1cc(C#N)c2c(c1)SC=C=N2. The molecular formula is C10H6N2S. The predicted molar refractivity (Wildman–Crippen MR) is 53.4 cm³/mol. The molecular weight excluding hydrogens is 180 g/mol. The van der Waals surface area contributed by atoms with E-state index in [4.69, 9.17) is 5.26 Å². The van der Waals surface area contributed by atoms with Crippen LogP contribution in [0.2, 0.25) is 0 Å². The van der Waals surface area contributed by atoms with Crippen molar-refractivity contribution in [2.45, 2.75) is 11.8 Å². The Labute approximate surface area is 80.6 Å². The summed E-state index contributed by atoms with van der Waals surface area (Å²) in [6, 6.07) is 6.01. The van der Waals surface area contributed by atoms with Crippen molar-refractivity contribution in [3.8, 4) is 6.07 Å². The summed E-state index contributed by atoms with van der Waals surface area (Å²) in [5.41, 5.74) is 2.47. The molecule has 3 heteroatoms. The highest BCUT2D eigenvalue weighted by molar-refractivity contribution is 8.02. The Morgan fingerprint density at radius 3 is 3.15 bits per heavy atom. The van der Waals surface area contributed by atoms with Crippen molar-refractivity contribution in [3.63, 3.8) is 0 Å². The smallest absolute Gasteiger partial charge is 0.105 e. The standard InChI is InChI=1S/C10H6N2S/c1-7-4-8(6-11)10-9(5-7)13-3-2-12-10/h3-5H,1H3. The third-order valence-corrected chi connectivity index (χ3v) is 2.54. The molecule has 2 nitrogen and oxygen atoms in total. The van der Waals surface area contributed by atoms with Gasteiger partial charge in [0.15, 0.2) is 0 Å². The van der Waals surface area contributed by atoms with Gasteiger partial charge in [0.05, 0.1) is 5.56 Å². The van der Waals surface area contributed by atoms with E-state index in [1.807, 2.05) is 19.1 Å². The van der Waals surface area contributed by atoms with Crippen molar-refractivity contribution >= 4 is 23.3 Å². The molecule has 0 unspecified atom stereocenters. The summed E-state index contributed by atoms with van der Waals surface area (Å²) < 4.78 is 0. The van der Waals surface area contributed by atoms with Gasteiger partial charge in [0.1, 0.15) is 11.8 Å². The average molecular weight is 186 g/mol. The lowest BCUT2D eigenvalue weighted by Gasteiger charge is -2.07. The second-order valence-electron chi connectivity index (χ2n) is 2.75. The van der Waals surface area contributed by atoms with Crippen LogP contribution in [0, 0.1) is 18.3 Å². The Bertz CT molecular complexity index is 463. The maximum atomic E-state index is 8.86. The van der Waals surface area contributed by atoms with Gasteiger partial charge in [0, 0.05) is 10.3 Å². The van der Waals surface area contributed by atoms with Crippen LogP contribution >= 0.6 is 11.8 Å². The van der Waals surface area contributed by atoms with Crippen LogP contribution < -0.4 is 0 Å². The molecule has 62 valence electrons. The van der Waals surface area contributed by atoms with E-state index in [2.05, 4.69) is 16.9 Å². The first-order valence-corrected chi connectivity index (χ1v) is 4.68. The quantitative estimate of drug-likeness (QED) is 0.624. The monoisotopic (exact) mass is 186 g/mol. The summed E-state index contributed by atoms with van der Waals surface area (Å²) in [4.78, 5) is 5.09. The Balaban J connectivity index is 2.73. The largest absolute Gasteiger partial charge is 0.203 e. The Morgan fingerprint density at radius 2 is 2.38 bits per heavy atom. The lowest BCUT2D eigenvalue weighted by atomic mass is 10.1. The van der Waals surface area contributed by atoms with E-state index in [1.165, 1.54) is 0 Å². The molecule has 0 saturated carbocycles. The van der Waals surface area contributed by atoms with Crippen molar-refractivity contribution in [1.82, 2.24) is 0 Å². The highest BCUT2D eigenvalue weighted by Gasteiger charge is 2.10. The van der Waals surface area contributed by atoms with Crippen molar-refractivity contribution in [2.75, 3.05) is 0 Å². The molecule has 0 amide bonds. The Morgan fingerprint density at radius 1 is 1.54 bits per heavy atom. The average Bonchev–Trinajstić information content (AvgIpc) is 2.16. The molecule has 0 saturated heterocycles. The molecule has 0 radical (unpaired) electrons. The van der Waals surface area contributed by atoms with Crippen molar-refractivity contribution < 1.29 is 0 Å². The van der Waals surface area contributed by atoms with Crippen molar-refractivity contribution in [2.24, 2.45) is 4.99 Å². The normalized spacial score (nSPS) is 12.3. The van der Waals surface area contributed by atoms with Crippen LogP contribution in [0.5, 0.6) is 0 Å². The molecule has 2 rings (SSSR count). The number of benzene rings is 1. The number of fused-ring (bicyclic) bond motifs is 1.